The highest BCUT2D eigenvalue weighted by Gasteiger charge is 2.19. The highest BCUT2D eigenvalue weighted by Crippen LogP contribution is 2.18. The Hall–Kier alpha value is -2.18. The quantitative estimate of drug-likeness (QED) is 0.715. The molecule has 0 bridgehead atoms. The van der Waals surface area contributed by atoms with E-state index < -0.39 is 11.8 Å². The first-order valence-corrected chi connectivity index (χ1v) is 7.95. The number of carbonyl (C=O) groups is 2. The lowest BCUT2D eigenvalue weighted by Crippen LogP contribution is -2.37. The molecule has 6 heteroatoms. The van der Waals surface area contributed by atoms with E-state index in [1.54, 1.807) is 11.4 Å². The summed E-state index contributed by atoms with van der Waals surface area (Å²) in [5.41, 5.74) is 1.52. The summed E-state index contributed by atoms with van der Waals surface area (Å²) in [6.45, 7) is 0.0420. The topological polar surface area (TPSA) is 78.4 Å². The van der Waals surface area contributed by atoms with Gasteiger partial charge in [0.1, 0.15) is 0 Å². The average molecular weight is 318 g/mol. The fourth-order valence-electron chi connectivity index (χ4n) is 2.05. The first-order valence-electron chi connectivity index (χ1n) is 7.00. The van der Waals surface area contributed by atoms with Gasteiger partial charge in [-0.05, 0) is 29.9 Å². The number of benzene rings is 1. The molecular formula is C16H18N2O3S. The number of hydrogen-bond donors (Lipinski definition) is 3. The van der Waals surface area contributed by atoms with Crippen LogP contribution in [0.3, 0.4) is 0 Å². The Morgan fingerprint density at radius 1 is 1.14 bits per heavy atom. The molecule has 1 atom stereocenters. The minimum absolute atomic E-state index is 0.0420. The summed E-state index contributed by atoms with van der Waals surface area (Å²) in [7, 11) is 0. The normalized spacial score (nSPS) is 11.7. The molecule has 1 unspecified atom stereocenters. The molecule has 0 aliphatic carbocycles. The standard InChI is InChI=1S/C16H18N2O3S/c19-9-4-7-14(12-5-2-1-3-6-12)18-16(21)15(20)17-13-8-10-22-11-13/h1-3,5-6,8,10-11,14,19H,4,7,9H2,(H,17,20)(H,18,21). The summed E-state index contributed by atoms with van der Waals surface area (Å²) in [6.07, 6.45) is 1.12. The van der Waals surface area contributed by atoms with Gasteiger partial charge in [-0.15, -0.1) is 0 Å². The summed E-state index contributed by atoms with van der Waals surface area (Å²) in [6, 6.07) is 10.8. The van der Waals surface area contributed by atoms with Gasteiger partial charge in [-0.3, -0.25) is 9.59 Å². The molecule has 2 aromatic rings. The maximum atomic E-state index is 12.0. The van der Waals surface area contributed by atoms with E-state index in [4.69, 9.17) is 5.11 Å². The van der Waals surface area contributed by atoms with Crippen LogP contribution in [0.25, 0.3) is 0 Å². The number of amides is 2. The molecule has 2 rings (SSSR count). The van der Waals surface area contributed by atoms with Crippen molar-refractivity contribution in [1.82, 2.24) is 5.32 Å². The van der Waals surface area contributed by atoms with Gasteiger partial charge in [0.25, 0.3) is 0 Å². The Kier molecular flexibility index (Phi) is 6.12. The van der Waals surface area contributed by atoms with Crippen molar-refractivity contribution < 1.29 is 14.7 Å². The Morgan fingerprint density at radius 3 is 2.55 bits per heavy atom. The Bertz CT molecular complexity index is 599. The van der Waals surface area contributed by atoms with E-state index in [1.165, 1.54) is 11.3 Å². The minimum atomic E-state index is -0.691. The second-order valence-corrected chi connectivity index (χ2v) is 5.55. The summed E-state index contributed by atoms with van der Waals surface area (Å²) in [5, 5.41) is 17.8. The van der Waals surface area contributed by atoms with E-state index in [1.807, 2.05) is 35.7 Å². The molecule has 0 radical (unpaired) electrons. The molecule has 1 aromatic carbocycles. The van der Waals surface area contributed by atoms with Gasteiger partial charge in [0.2, 0.25) is 0 Å². The molecule has 0 fully saturated rings. The molecule has 0 saturated heterocycles. The lowest BCUT2D eigenvalue weighted by atomic mass is 10.0. The number of anilines is 1. The zero-order chi connectivity index (χ0) is 15.8. The van der Waals surface area contributed by atoms with Crippen molar-refractivity contribution in [1.29, 1.82) is 0 Å². The van der Waals surface area contributed by atoms with E-state index >= 15 is 0 Å². The first kappa shape index (κ1) is 16.2. The molecule has 1 aromatic heterocycles. The highest BCUT2D eigenvalue weighted by molar-refractivity contribution is 7.08. The predicted molar refractivity (Wildman–Crippen MR) is 86.6 cm³/mol. The van der Waals surface area contributed by atoms with E-state index in [0.29, 0.717) is 18.5 Å². The smallest absolute Gasteiger partial charge is 0.313 e. The van der Waals surface area contributed by atoms with Gasteiger partial charge in [0.05, 0.1) is 11.7 Å². The van der Waals surface area contributed by atoms with Gasteiger partial charge in [-0.1, -0.05) is 30.3 Å². The number of nitrogens with one attached hydrogen (secondary N) is 2. The summed E-state index contributed by atoms with van der Waals surface area (Å²) in [4.78, 5) is 23.9. The second kappa shape index (κ2) is 8.31. The van der Waals surface area contributed by atoms with E-state index in [2.05, 4.69) is 10.6 Å². The molecule has 1 heterocycles. The van der Waals surface area contributed by atoms with Crippen molar-refractivity contribution in [3.05, 3.63) is 52.7 Å². The lowest BCUT2D eigenvalue weighted by molar-refractivity contribution is -0.136. The summed E-state index contributed by atoms with van der Waals surface area (Å²) in [5.74, 6) is -1.37. The van der Waals surface area contributed by atoms with Gasteiger partial charge in [0.15, 0.2) is 0 Å². The third kappa shape index (κ3) is 4.68. The maximum Gasteiger partial charge on any atom is 0.313 e. The SMILES string of the molecule is O=C(Nc1ccsc1)C(=O)NC(CCCO)c1ccccc1. The van der Waals surface area contributed by atoms with Crippen LogP contribution >= 0.6 is 11.3 Å². The fourth-order valence-corrected chi connectivity index (χ4v) is 2.64. The molecule has 22 heavy (non-hydrogen) atoms. The predicted octanol–water partition coefficient (Wildman–Crippen LogP) is 2.32. The zero-order valence-corrected chi connectivity index (χ0v) is 12.8. The van der Waals surface area contributed by atoms with E-state index in [9.17, 15) is 9.59 Å². The van der Waals surface area contributed by atoms with Crippen LogP contribution in [0.2, 0.25) is 0 Å². The number of aliphatic hydroxyl groups is 1. The van der Waals surface area contributed by atoms with Crippen LogP contribution in [0.5, 0.6) is 0 Å². The largest absolute Gasteiger partial charge is 0.396 e. The van der Waals surface area contributed by atoms with Crippen molar-refractivity contribution in [3.63, 3.8) is 0 Å². The van der Waals surface area contributed by atoms with Gasteiger partial charge in [-0.25, -0.2) is 0 Å². The Labute approximate surface area is 133 Å². The molecule has 0 aliphatic heterocycles. The van der Waals surface area contributed by atoms with E-state index in [0.717, 1.165) is 5.56 Å². The van der Waals surface area contributed by atoms with Crippen LogP contribution in [-0.4, -0.2) is 23.5 Å². The molecule has 0 aliphatic rings. The molecule has 2 amide bonds. The Morgan fingerprint density at radius 2 is 1.91 bits per heavy atom. The highest BCUT2D eigenvalue weighted by atomic mass is 32.1. The molecule has 0 saturated carbocycles. The van der Waals surface area contributed by atoms with Crippen molar-refractivity contribution in [2.45, 2.75) is 18.9 Å². The number of hydrogen-bond acceptors (Lipinski definition) is 4. The number of thiophene rings is 1. The molecular weight excluding hydrogens is 300 g/mol. The Balaban J connectivity index is 1.99. The third-order valence-electron chi connectivity index (χ3n) is 3.14. The van der Waals surface area contributed by atoms with Crippen LogP contribution in [0.1, 0.15) is 24.4 Å². The molecule has 0 spiro atoms. The van der Waals surface area contributed by atoms with Gasteiger partial charge in [0, 0.05) is 12.0 Å². The van der Waals surface area contributed by atoms with Gasteiger partial charge in [-0.2, -0.15) is 11.3 Å². The van der Waals surface area contributed by atoms with Crippen LogP contribution in [0.15, 0.2) is 47.2 Å². The fraction of sp³-hybridized carbons (Fsp3) is 0.250. The van der Waals surface area contributed by atoms with E-state index in [-0.39, 0.29) is 12.6 Å². The maximum absolute atomic E-state index is 12.0. The monoisotopic (exact) mass is 318 g/mol. The summed E-state index contributed by atoms with van der Waals surface area (Å²) >= 11 is 1.44. The van der Waals surface area contributed by atoms with Crippen molar-refractivity contribution in [3.8, 4) is 0 Å². The van der Waals surface area contributed by atoms with Crippen LogP contribution < -0.4 is 10.6 Å². The lowest BCUT2D eigenvalue weighted by Gasteiger charge is -2.18. The van der Waals surface area contributed by atoms with Crippen LogP contribution in [0, 0.1) is 0 Å². The third-order valence-corrected chi connectivity index (χ3v) is 3.83. The molecule has 3 N–H and O–H groups in total. The summed E-state index contributed by atoms with van der Waals surface area (Å²) < 4.78 is 0. The van der Waals surface area contributed by atoms with Crippen molar-refractivity contribution in [2.75, 3.05) is 11.9 Å². The van der Waals surface area contributed by atoms with Crippen LogP contribution in [-0.2, 0) is 9.59 Å². The molecule has 5 nitrogen and oxygen atoms in total. The zero-order valence-electron chi connectivity index (χ0n) is 12.0. The average Bonchev–Trinajstić information content (AvgIpc) is 3.05. The van der Waals surface area contributed by atoms with Crippen LogP contribution in [0.4, 0.5) is 5.69 Å². The molecule has 116 valence electrons. The number of carbonyl (C=O) groups excluding carboxylic acids is 2. The second-order valence-electron chi connectivity index (χ2n) is 4.77. The number of rotatable bonds is 6. The number of aliphatic hydroxyl groups excluding tert-OH is 1. The van der Waals surface area contributed by atoms with Crippen molar-refractivity contribution >= 4 is 28.8 Å². The van der Waals surface area contributed by atoms with Gasteiger partial charge >= 0.3 is 11.8 Å². The minimum Gasteiger partial charge on any atom is -0.396 e. The van der Waals surface area contributed by atoms with Crippen molar-refractivity contribution in [2.24, 2.45) is 0 Å². The van der Waals surface area contributed by atoms with Gasteiger partial charge < -0.3 is 15.7 Å². The first-order chi connectivity index (χ1) is 10.7.